The van der Waals surface area contributed by atoms with E-state index in [9.17, 15) is 19.1 Å². The zero-order valence-electron chi connectivity index (χ0n) is 21.2. The molecule has 1 aliphatic carbocycles. The lowest BCUT2D eigenvalue weighted by Gasteiger charge is -2.21. The summed E-state index contributed by atoms with van der Waals surface area (Å²) >= 11 is 5.87. The Morgan fingerprint density at radius 2 is 2.08 bits per heavy atom. The van der Waals surface area contributed by atoms with Crippen molar-refractivity contribution < 1.29 is 28.3 Å². The zero-order chi connectivity index (χ0) is 27.7. The van der Waals surface area contributed by atoms with Gasteiger partial charge in [0, 0.05) is 29.1 Å². The van der Waals surface area contributed by atoms with E-state index in [0.29, 0.717) is 17.9 Å². The topological polar surface area (TPSA) is 102 Å². The van der Waals surface area contributed by atoms with Gasteiger partial charge in [0.15, 0.2) is 6.10 Å². The second-order valence-corrected chi connectivity index (χ2v) is 9.21. The lowest BCUT2D eigenvalue weighted by atomic mass is 9.98. The molecule has 2 aromatic rings. The quantitative estimate of drug-likeness (QED) is 0.281. The summed E-state index contributed by atoms with van der Waals surface area (Å²) in [6, 6.07) is 8.27. The number of halogens is 2. The molecule has 1 heterocycles. The number of nitrogens with zero attached hydrogens (tertiary/aromatic N) is 1. The average Bonchev–Trinajstić information content (AvgIpc) is 3.26. The Balaban J connectivity index is 1.78. The highest BCUT2D eigenvalue weighted by molar-refractivity contribution is 6.31. The number of nitrogens with one attached hydrogen (secondary N) is 1. The Hall–Kier alpha value is -3.75. The van der Waals surface area contributed by atoms with Crippen molar-refractivity contribution in [2.45, 2.75) is 45.3 Å². The summed E-state index contributed by atoms with van der Waals surface area (Å²) in [6.45, 7) is 7.34. The SMILES string of the molecule is C=C(Cl)C=C(C)c1ccc(CC(CC(O)C(=O)OCC)NC(=O)c2cc(C3=CC=CCC=C3F)no2)cc1. The average molecular weight is 541 g/mol. The maximum atomic E-state index is 14.4. The van der Waals surface area contributed by atoms with Crippen molar-refractivity contribution in [1.29, 1.82) is 0 Å². The smallest absolute Gasteiger partial charge is 0.335 e. The van der Waals surface area contributed by atoms with Gasteiger partial charge in [0.25, 0.3) is 5.91 Å². The van der Waals surface area contributed by atoms with Gasteiger partial charge < -0.3 is 19.7 Å². The molecular formula is C29H30ClFN2O5. The molecule has 1 amide bonds. The van der Waals surface area contributed by atoms with Gasteiger partial charge in [-0.05, 0) is 55.5 Å². The van der Waals surface area contributed by atoms with Crippen LogP contribution in [0.1, 0.15) is 54.1 Å². The number of hydrogen-bond donors (Lipinski definition) is 2. The molecule has 0 fully saturated rings. The fraction of sp³-hybridized carbons (Fsp3) is 0.276. The number of esters is 1. The molecule has 3 rings (SSSR count). The van der Waals surface area contributed by atoms with Gasteiger partial charge in [-0.1, -0.05) is 65.8 Å². The molecule has 38 heavy (non-hydrogen) atoms. The molecule has 2 atom stereocenters. The van der Waals surface area contributed by atoms with Crippen molar-refractivity contribution in [3.8, 4) is 0 Å². The van der Waals surface area contributed by atoms with Crippen molar-refractivity contribution in [1.82, 2.24) is 10.5 Å². The van der Waals surface area contributed by atoms with E-state index in [2.05, 4.69) is 17.1 Å². The van der Waals surface area contributed by atoms with Gasteiger partial charge in [0.05, 0.1) is 6.61 Å². The number of carbonyl (C=O) groups excluding carboxylic acids is 2. The number of amides is 1. The highest BCUT2D eigenvalue weighted by Gasteiger charge is 2.26. The van der Waals surface area contributed by atoms with Crippen LogP contribution in [0.2, 0.25) is 0 Å². The highest BCUT2D eigenvalue weighted by atomic mass is 35.5. The molecule has 9 heteroatoms. The van der Waals surface area contributed by atoms with E-state index >= 15 is 0 Å². The number of allylic oxidation sites excluding steroid dienone is 9. The summed E-state index contributed by atoms with van der Waals surface area (Å²) < 4.78 is 24.5. The Labute approximate surface area is 226 Å². The van der Waals surface area contributed by atoms with E-state index in [0.717, 1.165) is 16.7 Å². The molecular weight excluding hydrogens is 511 g/mol. The Kier molecular flexibility index (Phi) is 10.4. The second-order valence-electron chi connectivity index (χ2n) is 8.72. The number of aliphatic hydroxyl groups is 1. The molecule has 0 bridgehead atoms. The van der Waals surface area contributed by atoms with Crippen LogP contribution in [0.5, 0.6) is 0 Å². The number of carbonyl (C=O) groups is 2. The van der Waals surface area contributed by atoms with Crippen LogP contribution in [-0.4, -0.2) is 40.9 Å². The largest absolute Gasteiger partial charge is 0.464 e. The summed E-state index contributed by atoms with van der Waals surface area (Å²) in [7, 11) is 0. The summed E-state index contributed by atoms with van der Waals surface area (Å²) in [5.74, 6) is -1.98. The Morgan fingerprint density at radius 3 is 2.76 bits per heavy atom. The van der Waals surface area contributed by atoms with Gasteiger partial charge >= 0.3 is 5.97 Å². The van der Waals surface area contributed by atoms with Crippen LogP contribution in [0.4, 0.5) is 4.39 Å². The molecule has 0 saturated carbocycles. The molecule has 0 radical (unpaired) electrons. The van der Waals surface area contributed by atoms with Crippen LogP contribution in [-0.2, 0) is 16.0 Å². The number of aliphatic hydroxyl groups excluding tert-OH is 1. The van der Waals surface area contributed by atoms with E-state index in [-0.39, 0.29) is 30.1 Å². The molecule has 1 aromatic heterocycles. The lowest BCUT2D eigenvalue weighted by molar-refractivity contribution is -0.153. The summed E-state index contributed by atoms with van der Waals surface area (Å²) in [5, 5.41) is 17.4. The molecule has 0 aliphatic heterocycles. The molecule has 7 nitrogen and oxygen atoms in total. The number of aromatic nitrogens is 1. The first-order valence-electron chi connectivity index (χ1n) is 12.2. The fourth-order valence-electron chi connectivity index (χ4n) is 3.88. The minimum absolute atomic E-state index is 0.0916. The van der Waals surface area contributed by atoms with E-state index in [1.54, 1.807) is 31.2 Å². The van der Waals surface area contributed by atoms with E-state index in [4.69, 9.17) is 20.9 Å². The third-order valence-corrected chi connectivity index (χ3v) is 5.87. The van der Waals surface area contributed by atoms with Crippen molar-refractivity contribution in [2.75, 3.05) is 6.61 Å². The Morgan fingerprint density at radius 1 is 1.34 bits per heavy atom. The summed E-state index contributed by atoms with van der Waals surface area (Å²) in [6.07, 6.45) is 7.43. The summed E-state index contributed by atoms with van der Waals surface area (Å²) in [5.41, 5.74) is 3.12. The van der Waals surface area contributed by atoms with Crippen molar-refractivity contribution in [3.05, 3.63) is 101 Å². The maximum Gasteiger partial charge on any atom is 0.335 e. The first kappa shape index (κ1) is 28.8. The first-order valence-corrected chi connectivity index (χ1v) is 12.5. The predicted molar refractivity (Wildman–Crippen MR) is 145 cm³/mol. The highest BCUT2D eigenvalue weighted by Crippen LogP contribution is 2.26. The third kappa shape index (κ3) is 8.13. The first-order chi connectivity index (χ1) is 18.2. The van der Waals surface area contributed by atoms with Gasteiger partial charge in [0.1, 0.15) is 11.5 Å². The monoisotopic (exact) mass is 540 g/mol. The van der Waals surface area contributed by atoms with Gasteiger partial charge in [-0.3, -0.25) is 4.79 Å². The predicted octanol–water partition coefficient (Wildman–Crippen LogP) is 5.68. The third-order valence-electron chi connectivity index (χ3n) is 5.77. The maximum absolute atomic E-state index is 14.4. The molecule has 1 aliphatic rings. The number of ether oxygens (including phenoxy) is 1. The number of hydrogen-bond acceptors (Lipinski definition) is 6. The van der Waals surface area contributed by atoms with Crippen molar-refractivity contribution in [2.24, 2.45) is 0 Å². The van der Waals surface area contributed by atoms with Crippen LogP contribution in [0.3, 0.4) is 0 Å². The zero-order valence-corrected chi connectivity index (χ0v) is 22.0. The van der Waals surface area contributed by atoms with Crippen LogP contribution in [0, 0.1) is 0 Å². The van der Waals surface area contributed by atoms with Gasteiger partial charge in [-0.25, -0.2) is 9.18 Å². The normalized spacial score (nSPS) is 15.1. The number of benzene rings is 1. The minimum atomic E-state index is -1.44. The molecule has 2 N–H and O–H groups in total. The molecule has 0 saturated heterocycles. The molecule has 1 aromatic carbocycles. The van der Waals surface area contributed by atoms with Crippen LogP contribution >= 0.6 is 11.6 Å². The van der Waals surface area contributed by atoms with E-state index in [1.807, 2.05) is 31.2 Å². The fourth-order valence-corrected chi connectivity index (χ4v) is 4.04. The second kappa shape index (κ2) is 13.7. The van der Waals surface area contributed by atoms with E-state index < -0.39 is 29.8 Å². The van der Waals surface area contributed by atoms with Gasteiger partial charge in [-0.15, -0.1) is 0 Å². The molecule has 0 spiro atoms. The van der Waals surface area contributed by atoms with Crippen molar-refractivity contribution in [3.63, 3.8) is 0 Å². The van der Waals surface area contributed by atoms with Gasteiger partial charge in [0.2, 0.25) is 5.76 Å². The minimum Gasteiger partial charge on any atom is -0.464 e. The van der Waals surface area contributed by atoms with Crippen LogP contribution < -0.4 is 5.32 Å². The lowest BCUT2D eigenvalue weighted by Crippen LogP contribution is -2.41. The molecule has 200 valence electrons. The van der Waals surface area contributed by atoms with Crippen molar-refractivity contribution >= 4 is 34.6 Å². The summed E-state index contributed by atoms with van der Waals surface area (Å²) in [4.78, 5) is 25.0. The Bertz CT molecular complexity index is 1290. The van der Waals surface area contributed by atoms with Crippen LogP contribution in [0.25, 0.3) is 11.1 Å². The molecule has 2 unspecified atom stereocenters. The number of rotatable bonds is 11. The van der Waals surface area contributed by atoms with Crippen LogP contribution in [0.15, 0.2) is 82.7 Å². The van der Waals surface area contributed by atoms with Gasteiger partial charge in [-0.2, -0.15) is 0 Å². The van der Waals surface area contributed by atoms with E-state index in [1.165, 1.54) is 12.1 Å². The standard InChI is InChI=1S/C29H30ClFN2O5/c1-4-37-29(36)26(34)16-22(15-20-10-12-21(13-11-20)18(2)14-19(3)30)32-28(35)27-17-25(33-38-27)23-8-6-5-7-9-24(23)31/h5-6,8-14,17,22,26,34H,3-4,7,15-16H2,1-2H3,(H,32,35).